The molecule has 0 saturated carbocycles. The summed E-state index contributed by atoms with van der Waals surface area (Å²) in [6.45, 7) is 1.76. The number of hydrogen-bond acceptors (Lipinski definition) is 5. The minimum Gasteiger partial charge on any atom is -0.478 e. The van der Waals surface area contributed by atoms with Crippen LogP contribution in [-0.4, -0.2) is 22.0 Å². The summed E-state index contributed by atoms with van der Waals surface area (Å²) in [5, 5.41) is 12.5. The van der Waals surface area contributed by atoms with Crippen molar-refractivity contribution in [2.45, 2.75) is 26.2 Å². The van der Waals surface area contributed by atoms with Crippen molar-refractivity contribution in [3.05, 3.63) is 32.1 Å². The lowest BCUT2D eigenvalue weighted by atomic mass is 10.1. The van der Waals surface area contributed by atoms with E-state index in [1.54, 1.807) is 12.4 Å². The predicted molar refractivity (Wildman–Crippen MR) is 78.1 cm³/mol. The van der Waals surface area contributed by atoms with Gasteiger partial charge in [0.2, 0.25) is 0 Å². The largest absolute Gasteiger partial charge is 0.478 e. The Morgan fingerprint density at radius 1 is 1.40 bits per heavy atom. The molecule has 3 rings (SSSR count). The van der Waals surface area contributed by atoms with Crippen LogP contribution in [0.1, 0.15) is 42.6 Å². The van der Waals surface area contributed by atoms with Crippen LogP contribution in [-0.2, 0) is 12.8 Å². The normalized spacial score (nSPS) is 13.2. The maximum atomic E-state index is 12.2. The van der Waals surface area contributed by atoms with Crippen molar-refractivity contribution in [3.8, 4) is 0 Å². The SMILES string of the molecule is Cc1ncsc1C(=O)Nc1sc2c(c1C(=O)O)CCC2. The van der Waals surface area contributed by atoms with Crippen LogP contribution < -0.4 is 5.32 Å². The fourth-order valence-corrected chi connectivity index (χ4v) is 4.37. The summed E-state index contributed by atoms with van der Waals surface area (Å²) in [6.07, 6.45) is 2.67. The van der Waals surface area contributed by atoms with Gasteiger partial charge in [-0.2, -0.15) is 0 Å². The molecule has 0 aromatic carbocycles. The number of rotatable bonds is 3. The molecule has 2 heterocycles. The van der Waals surface area contributed by atoms with E-state index in [0.29, 0.717) is 15.6 Å². The van der Waals surface area contributed by atoms with E-state index in [4.69, 9.17) is 0 Å². The molecule has 2 aromatic heterocycles. The molecule has 0 spiro atoms. The van der Waals surface area contributed by atoms with E-state index in [9.17, 15) is 14.7 Å². The molecule has 7 heteroatoms. The molecule has 0 bridgehead atoms. The molecule has 0 aliphatic heterocycles. The van der Waals surface area contributed by atoms with Gasteiger partial charge < -0.3 is 10.4 Å². The van der Waals surface area contributed by atoms with Crippen molar-refractivity contribution < 1.29 is 14.7 Å². The number of carbonyl (C=O) groups is 2. The highest BCUT2D eigenvalue weighted by molar-refractivity contribution is 7.17. The zero-order valence-electron chi connectivity index (χ0n) is 10.7. The fraction of sp³-hybridized carbons (Fsp3) is 0.308. The van der Waals surface area contributed by atoms with Crippen molar-refractivity contribution in [3.63, 3.8) is 0 Å². The first-order chi connectivity index (χ1) is 9.58. The van der Waals surface area contributed by atoms with Crippen molar-refractivity contribution >= 4 is 39.6 Å². The standard InChI is InChI=1S/C13H12N2O3S2/c1-6-10(19-5-14-6)11(16)15-12-9(13(17)18)7-3-2-4-8(7)20-12/h5H,2-4H2,1H3,(H,15,16)(H,17,18). The fourth-order valence-electron chi connectivity index (χ4n) is 2.40. The van der Waals surface area contributed by atoms with Crippen LogP contribution >= 0.6 is 22.7 Å². The van der Waals surface area contributed by atoms with Gasteiger partial charge in [0.1, 0.15) is 9.88 Å². The van der Waals surface area contributed by atoms with Gasteiger partial charge in [0, 0.05) is 4.88 Å². The number of aromatic carboxylic acids is 1. The first-order valence-electron chi connectivity index (χ1n) is 6.17. The van der Waals surface area contributed by atoms with Gasteiger partial charge in [0.25, 0.3) is 5.91 Å². The summed E-state index contributed by atoms with van der Waals surface area (Å²) in [6, 6.07) is 0. The second-order valence-corrected chi connectivity index (χ2v) is 6.55. The molecule has 1 aliphatic rings. The van der Waals surface area contributed by atoms with Crippen LogP contribution in [0.2, 0.25) is 0 Å². The molecule has 0 fully saturated rings. The van der Waals surface area contributed by atoms with Crippen molar-refractivity contribution in [2.75, 3.05) is 5.32 Å². The first kappa shape index (κ1) is 13.3. The lowest BCUT2D eigenvalue weighted by Crippen LogP contribution is -2.13. The number of hydrogen-bond donors (Lipinski definition) is 2. The Labute approximate surface area is 123 Å². The number of carboxylic acids is 1. The number of carboxylic acid groups (broad SMARTS) is 1. The third-order valence-corrected chi connectivity index (χ3v) is 5.45. The summed E-state index contributed by atoms with van der Waals surface area (Å²) in [5.74, 6) is -1.26. The van der Waals surface area contributed by atoms with E-state index in [1.165, 1.54) is 22.7 Å². The minimum atomic E-state index is -0.972. The number of carbonyl (C=O) groups excluding carboxylic acids is 1. The molecule has 0 radical (unpaired) electrons. The van der Waals surface area contributed by atoms with Crippen molar-refractivity contribution in [1.29, 1.82) is 0 Å². The van der Waals surface area contributed by atoms with Crippen LogP contribution in [0, 0.1) is 6.92 Å². The summed E-state index contributed by atoms with van der Waals surface area (Å²) in [4.78, 5) is 29.2. The molecule has 2 N–H and O–H groups in total. The Bertz CT molecular complexity index is 703. The van der Waals surface area contributed by atoms with Gasteiger partial charge in [-0.15, -0.1) is 22.7 Å². The number of fused-ring (bicyclic) bond motifs is 1. The molecule has 0 atom stereocenters. The number of thiophene rings is 1. The average molecular weight is 308 g/mol. The van der Waals surface area contributed by atoms with Gasteiger partial charge in [0.05, 0.1) is 16.8 Å². The lowest BCUT2D eigenvalue weighted by Gasteiger charge is -2.04. The van der Waals surface area contributed by atoms with Gasteiger partial charge in [-0.1, -0.05) is 0 Å². The third-order valence-electron chi connectivity index (χ3n) is 3.31. The quantitative estimate of drug-likeness (QED) is 0.913. The smallest absolute Gasteiger partial charge is 0.339 e. The highest BCUT2D eigenvalue weighted by atomic mass is 32.1. The Hall–Kier alpha value is -1.73. The second-order valence-electron chi connectivity index (χ2n) is 4.59. The summed E-state index contributed by atoms with van der Waals surface area (Å²) in [7, 11) is 0. The number of nitrogens with zero attached hydrogens (tertiary/aromatic N) is 1. The van der Waals surface area contributed by atoms with Crippen LogP contribution in [0.5, 0.6) is 0 Å². The molecular formula is C13H12N2O3S2. The van der Waals surface area contributed by atoms with E-state index >= 15 is 0 Å². The number of thiazole rings is 1. The zero-order chi connectivity index (χ0) is 14.3. The molecule has 1 amide bonds. The lowest BCUT2D eigenvalue weighted by molar-refractivity contribution is 0.0697. The van der Waals surface area contributed by atoms with E-state index in [1.807, 2.05) is 0 Å². The highest BCUT2D eigenvalue weighted by Crippen LogP contribution is 2.39. The van der Waals surface area contributed by atoms with Crippen LogP contribution in [0.3, 0.4) is 0 Å². The molecule has 20 heavy (non-hydrogen) atoms. The molecule has 0 saturated heterocycles. The van der Waals surface area contributed by atoms with E-state index in [0.717, 1.165) is 29.7 Å². The van der Waals surface area contributed by atoms with Gasteiger partial charge in [-0.05, 0) is 31.7 Å². The van der Waals surface area contributed by atoms with Crippen molar-refractivity contribution in [2.24, 2.45) is 0 Å². The highest BCUT2D eigenvalue weighted by Gasteiger charge is 2.27. The molecule has 5 nitrogen and oxygen atoms in total. The minimum absolute atomic E-state index is 0.262. The second kappa shape index (κ2) is 4.99. The number of aromatic nitrogens is 1. The van der Waals surface area contributed by atoms with Crippen LogP contribution in [0.4, 0.5) is 5.00 Å². The van der Waals surface area contributed by atoms with Crippen LogP contribution in [0.25, 0.3) is 0 Å². The topological polar surface area (TPSA) is 79.3 Å². The van der Waals surface area contributed by atoms with Gasteiger partial charge in [-0.25, -0.2) is 9.78 Å². The number of nitrogens with one attached hydrogen (secondary N) is 1. The maximum absolute atomic E-state index is 12.2. The molecule has 1 aliphatic carbocycles. The molecular weight excluding hydrogens is 296 g/mol. The number of anilines is 1. The van der Waals surface area contributed by atoms with Crippen molar-refractivity contribution in [1.82, 2.24) is 4.98 Å². The zero-order valence-corrected chi connectivity index (χ0v) is 12.4. The summed E-state index contributed by atoms with van der Waals surface area (Å²) in [5.41, 5.74) is 3.42. The van der Waals surface area contributed by atoms with Gasteiger partial charge in [-0.3, -0.25) is 4.79 Å². The average Bonchev–Trinajstić information content (AvgIpc) is 3.03. The van der Waals surface area contributed by atoms with Gasteiger partial charge >= 0.3 is 5.97 Å². The van der Waals surface area contributed by atoms with E-state index < -0.39 is 5.97 Å². The molecule has 2 aromatic rings. The monoisotopic (exact) mass is 308 g/mol. The number of aryl methyl sites for hydroxylation is 2. The summed E-state index contributed by atoms with van der Waals surface area (Å²) >= 11 is 2.64. The predicted octanol–water partition coefficient (Wildman–Crippen LogP) is 2.95. The maximum Gasteiger partial charge on any atom is 0.339 e. The third kappa shape index (κ3) is 2.12. The Balaban J connectivity index is 1.94. The summed E-state index contributed by atoms with van der Waals surface area (Å²) < 4.78 is 0. The first-order valence-corrected chi connectivity index (χ1v) is 7.86. The van der Waals surface area contributed by atoms with Gasteiger partial charge in [0.15, 0.2) is 0 Å². The Kier molecular flexibility index (Phi) is 3.31. The number of amides is 1. The molecule has 0 unspecified atom stereocenters. The molecule has 104 valence electrons. The van der Waals surface area contributed by atoms with Crippen LogP contribution in [0.15, 0.2) is 5.51 Å². The van der Waals surface area contributed by atoms with E-state index in [-0.39, 0.29) is 11.5 Å². The van der Waals surface area contributed by atoms with E-state index in [2.05, 4.69) is 10.3 Å². The Morgan fingerprint density at radius 3 is 2.85 bits per heavy atom. The Morgan fingerprint density at radius 2 is 2.20 bits per heavy atom.